The van der Waals surface area contributed by atoms with E-state index in [2.05, 4.69) is 11.2 Å². The van der Waals surface area contributed by atoms with Gasteiger partial charge in [0.1, 0.15) is 0 Å². The minimum absolute atomic E-state index is 0. The topological polar surface area (TPSA) is 47.9 Å². The van der Waals surface area contributed by atoms with Gasteiger partial charge < -0.3 is 14.5 Å². The molecule has 0 spiro atoms. The van der Waals surface area contributed by atoms with E-state index < -0.39 is 0 Å². The molecule has 0 N–H and O–H groups in total. The normalized spacial score (nSPS) is 18.3. The van der Waals surface area contributed by atoms with E-state index in [1.54, 1.807) is 6.07 Å². The van der Waals surface area contributed by atoms with Crippen molar-refractivity contribution in [3.63, 3.8) is 0 Å². The average Bonchev–Trinajstić information content (AvgIpc) is 2.83. The van der Waals surface area contributed by atoms with Crippen molar-refractivity contribution in [2.24, 2.45) is 4.99 Å². The van der Waals surface area contributed by atoms with Gasteiger partial charge in [-0.15, -0.1) is 11.6 Å². The van der Waals surface area contributed by atoms with E-state index >= 15 is 0 Å². The van der Waals surface area contributed by atoms with E-state index in [1.807, 2.05) is 25.5 Å². The number of hydrogen-bond acceptors (Lipinski definition) is 4. The molecule has 1 aliphatic rings. The third-order valence-electron chi connectivity index (χ3n) is 2.66. The largest absolute Gasteiger partial charge is 2.00 e. The van der Waals surface area contributed by atoms with Crippen molar-refractivity contribution in [2.75, 3.05) is 13.2 Å². The first-order chi connectivity index (χ1) is 8.66. The molecule has 0 aliphatic carbocycles. The third kappa shape index (κ3) is 4.76. The Morgan fingerprint density at radius 2 is 2.37 bits per heavy atom. The van der Waals surface area contributed by atoms with Crippen LogP contribution in [0, 0.1) is 44.5 Å². The van der Waals surface area contributed by atoms with Gasteiger partial charge in [0.15, 0.2) is 0 Å². The van der Waals surface area contributed by atoms with Gasteiger partial charge in [0.2, 0.25) is 0 Å². The summed E-state index contributed by atoms with van der Waals surface area (Å²) in [5, 5.41) is 0. The van der Waals surface area contributed by atoms with Crippen molar-refractivity contribution >= 4 is 12.2 Å². The smallest absolute Gasteiger partial charge is 0.440 e. The molecule has 1 heterocycles. The van der Waals surface area contributed by atoms with Crippen LogP contribution in [0.25, 0.3) is 0 Å². The van der Waals surface area contributed by atoms with Crippen LogP contribution in [0.4, 0.5) is 0 Å². The van der Waals surface area contributed by atoms with Gasteiger partial charge in [0.05, 0.1) is 5.75 Å². The Hall–Kier alpha value is -0.628. The fourth-order valence-electron chi connectivity index (χ4n) is 1.68. The number of carbonyl (C=O) groups excluding carboxylic acids is 1. The molecule has 5 heteroatoms. The zero-order valence-corrected chi connectivity index (χ0v) is 15.1. The van der Waals surface area contributed by atoms with Gasteiger partial charge in [0.25, 0.3) is 0 Å². The molecule has 0 radical (unpaired) electrons. The number of aliphatic imine (C=N–C) groups is 1. The van der Waals surface area contributed by atoms with Gasteiger partial charge in [-0.25, -0.2) is 0 Å². The number of rotatable bonds is 3. The van der Waals surface area contributed by atoms with Crippen molar-refractivity contribution in [2.45, 2.75) is 19.9 Å². The zero-order chi connectivity index (χ0) is 13.0. The second kappa shape index (κ2) is 7.84. The van der Waals surface area contributed by atoms with Crippen LogP contribution in [0.1, 0.15) is 18.1 Å². The molecule has 0 saturated carbocycles. The molecule has 19 heavy (non-hydrogen) atoms. The third-order valence-corrected chi connectivity index (χ3v) is 2.66. The maximum Gasteiger partial charge on any atom is 2.00 e. The summed E-state index contributed by atoms with van der Waals surface area (Å²) in [6.07, 6.45) is 4.99. The molecule has 1 aromatic rings. The molecule has 1 atom stereocenters. The number of nitrogens with zero attached hydrogens (tertiary/aromatic N) is 1. The quantitative estimate of drug-likeness (QED) is 0.285. The van der Waals surface area contributed by atoms with Crippen molar-refractivity contribution in [1.82, 2.24) is 0 Å². The summed E-state index contributed by atoms with van der Waals surface area (Å²) < 4.78 is 10.3. The van der Waals surface area contributed by atoms with E-state index in [1.165, 1.54) is 6.92 Å². The van der Waals surface area contributed by atoms with E-state index in [0.29, 0.717) is 19.0 Å². The summed E-state index contributed by atoms with van der Waals surface area (Å²) in [5.41, 5.74) is 1.68. The maximum absolute atomic E-state index is 11.0. The summed E-state index contributed by atoms with van der Waals surface area (Å²) in [6, 6.07) is 5.54. The van der Waals surface area contributed by atoms with Gasteiger partial charge in [-0.05, 0) is 6.07 Å². The molecule has 0 bridgehead atoms. The SMILES string of the molecule is CC(=O)Oc1cccc([C-]=N[C@@H]2[CH-]COC2)c1C.[U+2]. The first-order valence-corrected chi connectivity index (χ1v) is 5.82. The molecule has 0 aromatic heterocycles. The first kappa shape index (κ1) is 16.4. The second-order valence-corrected chi connectivity index (χ2v) is 4.10. The Balaban J connectivity index is 0.00000180. The van der Waals surface area contributed by atoms with E-state index in [4.69, 9.17) is 9.47 Å². The average molecular weight is 483 g/mol. The second-order valence-electron chi connectivity index (χ2n) is 4.10. The molecule has 0 unspecified atom stereocenters. The Morgan fingerprint density at radius 3 is 3.00 bits per heavy atom. The van der Waals surface area contributed by atoms with Crippen LogP contribution in [-0.2, 0) is 9.53 Å². The van der Waals surface area contributed by atoms with Crippen LogP contribution in [0.3, 0.4) is 0 Å². The first-order valence-electron chi connectivity index (χ1n) is 5.82. The van der Waals surface area contributed by atoms with Gasteiger partial charge in [-0.3, -0.25) is 11.2 Å². The minimum Gasteiger partial charge on any atom is -0.440 e. The Kier molecular flexibility index (Phi) is 6.78. The molecule has 98 valence electrons. The van der Waals surface area contributed by atoms with Crippen LogP contribution < -0.4 is 4.74 Å². The van der Waals surface area contributed by atoms with Crippen LogP contribution in [0.15, 0.2) is 23.2 Å². The Morgan fingerprint density at radius 1 is 1.58 bits per heavy atom. The van der Waals surface area contributed by atoms with Crippen molar-refractivity contribution < 1.29 is 45.4 Å². The zero-order valence-electron chi connectivity index (χ0n) is 11.0. The Bertz CT molecular complexity index is 468. The number of esters is 1. The summed E-state index contributed by atoms with van der Waals surface area (Å²) in [6.45, 7) is 4.51. The summed E-state index contributed by atoms with van der Waals surface area (Å²) >= 11 is 0. The van der Waals surface area contributed by atoms with Crippen LogP contribution >= 0.6 is 0 Å². The summed E-state index contributed by atoms with van der Waals surface area (Å²) in [4.78, 5) is 15.3. The number of ether oxygens (including phenoxy) is 2. The van der Waals surface area contributed by atoms with Crippen LogP contribution in [0.5, 0.6) is 5.75 Å². The van der Waals surface area contributed by atoms with Gasteiger partial charge in [-0.1, -0.05) is 25.8 Å². The number of carbonyl (C=O) groups is 1. The molecule has 4 nitrogen and oxygen atoms in total. The molecule has 0 amide bonds. The van der Waals surface area contributed by atoms with E-state index in [0.717, 1.165) is 11.1 Å². The fourth-order valence-corrected chi connectivity index (χ4v) is 1.68. The molecule has 1 aromatic carbocycles. The predicted molar refractivity (Wildman–Crippen MR) is 67.9 cm³/mol. The van der Waals surface area contributed by atoms with Crippen LogP contribution in [0.2, 0.25) is 0 Å². The predicted octanol–water partition coefficient (Wildman–Crippen LogP) is 1.82. The molecule has 1 aliphatic heterocycles. The molecule has 1 saturated heterocycles. The molecule has 2 rings (SSSR count). The summed E-state index contributed by atoms with van der Waals surface area (Å²) in [5.74, 6) is 0.221. The number of hydrogen-bond donors (Lipinski definition) is 0. The Labute approximate surface area is 137 Å². The summed E-state index contributed by atoms with van der Waals surface area (Å²) in [7, 11) is 0. The molecular formula is C14H15NO3U. The van der Waals surface area contributed by atoms with Gasteiger partial charge in [-0.2, -0.15) is 11.6 Å². The monoisotopic (exact) mass is 483 g/mol. The fraction of sp³-hybridized carbons (Fsp3) is 0.357. The maximum atomic E-state index is 11.0. The number of benzene rings is 1. The van der Waals surface area contributed by atoms with Crippen molar-refractivity contribution in [3.8, 4) is 5.75 Å². The molecule has 1 fully saturated rings. The van der Waals surface area contributed by atoms with Gasteiger partial charge >= 0.3 is 37.1 Å². The van der Waals surface area contributed by atoms with E-state index in [9.17, 15) is 4.79 Å². The molecular weight excluding hydrogens is 468 g/mol. The van der Waals surface area contributed by atoms with Crippen LogP contribution in [-0.4, -0.2) is 31.4 Å². The minimum atomic E-state index is -0.329. The van der Waals surface area contributed by atoms with Gasteiger partial charge in [0, 0.05) is 13.5 Å². The van der Waals surface area contributed by atoms with Crippen molar-refractivity contribution in [1.29, 1.82) is 0 Å². The standard InChI is InChI=1S/C14H15NO3.U/c1-10-12(8-15-13-6-7-17-9-13)4-3-5-14(10)18-11(2)16;/h3-6,13H,7,9H2,1-2H3;/q-2;+2/t13-;/m1./s1. The van der Waals surface area contributed by atoms with Crippen molar-refractivity contribution in [3.05, 3.63) is 35.7 Å². The van der Waals surface area contributed by atoms with E-state index in [-0.39, 0.29) is 43.1 Å².